The highest BCUT2D eigenvalue weighted by Crippen LogP contribution is 2.73. The molecule has 1 saturated heterocycles. The Hall–Kier alpha value is -1.13. The Morgan fingerprint density at radius 2 is 1.72 bits per heavy atom. The Kier molecular flexibility index (Phi) is 6.20. The van der Waals surface area contributed by atoms with Gasteiger partial charge in [0, 0.05) is 12.8 Å². The fraction of sp³-hybridized carbons (Fsp3) is 0.844. The minimum Gasteiger partial charge on any atom is -0.459 e. The van der Waals surface area contributed by atoms with E-state index in [1.807, 2.05) is 0 Å². The van der Waals surface area contributed by atoms with Gasteiger partial charge in [0.05, 0.1) is 12.2 Å². The van der Waals surface area contributed by atoms with Crippen LogP contribution in [0.5, 0.6) is 0 Å². The molecule has 1 aliphatic heterocycles. The molecule has 1 heterocycles. The van der Waals surface area contributed by atoms with Crippen molar-refractivity contribution in [3.63, 3.8) is 0 Å². The van der Waals surface area contributed by atoms with Gasteiger partial charge in [-0.05, 0) is 92.3 Å². The molecule has 1 N–H and O–H groups in total. The lowest BCUT2D eigenvalue weighted by Gasteiger charge is -2.62. The van der Waals surface area contributed by atoms with Crippen molar-refractivity contribution in [3.8, 4) is 0 Å². The molecule has 0 aromatic rings. The molecule has 202 valence electrons. The second-order valence-electron chi connectivity index (χ2n) is 14.6. The SMILES string of the molecule is CC(=O)O[C@H]1[C@@H](C)[C@@H]2[C@@H](C[C@]3(C)C4=C(CC[C@]23C)[C@]2(C)CC[C@@H](O)C(C)(C)[C@H]2CC4)O[C@H]1C=C(C)C. The van der Waals surface area contributed by atoms with Crippen molar-refractivity contribution < 1.29 is 19.4 Å². The topological polar surface area (TPSA) is 55.8 Å². The second-order valence-corrected chi connectivity index (χ2v) is 14.6. The van der Waals surface area contributed by atoms with E-state index >= 15 is 0 Å². The third-order valence-corrected chi connectivity index (χ3v) is 12.3. The van der Waals surface area contributed by atoms with Gasteiger partial charge in [-0.15, -0.1) is 0 Å². The summed E-state index contributed by atoms with van der Waals surface area (Å²) in [6.45, 7) is 20.2. The number of rotatable bonds is 2. The van der Waals surface area contributed by atoms with Crippen molar-refractivity contribution >= 4 is 5.97 Å². The summed E-state index contributed by atoms with van der Waals surface area (Å²) in [7, 11) is 0. The predicted octanol–water partition coefficient (Wildman–Crippen LogP) is 7.01. The number of ether oxygens (including phenoxy) is 2. The number of allylic oxidation sites excluding steroid dienone is 3. The first-order chi connectivity index (χ1) is 16.7. The summed E-state index contributed by atoms with van der Waals surface area (Å²) in [6, 6.07) is 0. The third kappa shape index (κ3) is 3.49. The van der Waals surface area contributed by atoms with Crippen LogP contribution in [0.1, 0.15) is 107 Å². The Morgan fingerprint density at radius 1 is 1.03 bits per heavy atom. The molecule has 3 fully saturated rings. The van der Waals surface area contributed by atoms with Crippen LogP contribution in [-0.4, -0.2) is 35.5 Å². The molecule has 10 atom stereocenters. The first-order valence-electron chi connectivity index (χ1n) is 14.6. The van der Waals surface area contributed by atoms with Crippen molar-refractivity contribution in [2.45, 2.75) is 132 Å². The van der Waals surface area contributed by atoms with Crippen LogP contribution < -0.4 is 0 Å². The fourth-order valence-corrected chi connectivity index (χ4v) is 10.4. The van der Waals surface area contributed by atoms with Crippen molar-refractivity contribution in [2.24, 2.45) is 39.4 Å². The van der Waals surface area contributed by atoms with Crippen LogP contribution >= 0.6 is 0 Å². The van der Waals surface area contributed by atoms with Gasteiger partial charge in [0.15, 0.2) is 0 Å². The number of fused-ring (bicyclic) bond motifs is 6. The summed E-state index contributed by atoms with van der Waals surface area (Å²) in [5.74, 6) is 0.944. The molecule has 4 aliphatic carbocycles. The van der Waals surface area contributed by atoms with Crippen LogP contribution in [0.2, 0.25) is 0 Å². The molecule has 0 radical (unpaired) electrons. The molecule has 4 nitrogen and oxygen atoms in total. The van der Waals surface area contributed by atoms with Gasteiger partial charge in [-0.2, -0.15) is 0 Å². The molecule has 0 aromatic heterocycles. The lowest BCUT2D eigenvalue weighted by Crippen LogP contribution is -2.56. The summed E-state index contributed by atoms with van der Waals surface area (Å²) in [6.07, 6.45) is 9.46. The molecule has 0 aromatic carbocycles. The average Bonchev–Trinajstić information content (AvgIpc) is 3.00. The third-order valence-electron chi connectivity index (χ3n) is 12.3. The molecule has 0 spiro atoms. The highest BCUT2D eigenvalue weighted by molar-refractivity contribution is 5.66. The van der Waals surface area contributed by atoms with E-state index in [9.17, 15) is 9.90 Å². The van der Waals surface area contributed by atoms with Gasteiger partial charge in [0.25, 0.3) is 0 Å². The zero-order valence-electron chi connectivity index (χ0n) is 24.2. The van der Waals surface area contributed by atoms with E-state index in [2.05, 4.69) is 61.5 Å². The second kappa shape index (κ2) is 8.43. The van der Waals surface area contributed by atoms with Gasteiger partial charge in [-0.25, -0.2) is 0 Å². The Balaban J connectivity index is 1.56. The molecular weight excluding hydrogens is 448 g/mol. The first-order valence-corrected chi connectivity index (χ1v) is 14.6. The van der Waals surface area contributed by atoms with Gasteiger partial charge in [-0.1, -0.05) is 64.3 Å². The zero-order valence-corrected chi connectivity index (χ0v) is 24.2. The van der Waals surface area contributed by atoms with E-state index in [4.69, 9.17) is 9.47 Å². The summed E-state index contributed by atoms with van der Waals surface area (Å²) >= 11 is 0. The Morgan fingerprint density at radius 3 is 2.36 bits per heavy atom. The molecule has 4 heteroatoms. The van der Waals surface area contributed by atoms with Crippen molar-refractivity contribution in [1.82, 2.24) is 0 Å². The number of aliphatic hydroxyl groups excluding tert-OH is 1. The minimum absolute atomic E-state index is 0.0384. The maximum atomic E-state index is 12.1. The molecule has 36 heavy (non-hydrogen) atoms. The van der Waals surface area contributed by atoms with E-state index in [-0.39, 0.29) is 58.0 Å². The van der Waals surface area contributed by atoms with Crippen LogP contribution in [0.25, 0.3) is 0 Å². The average molecular weight is 499 g/mol. The minimum atomic E-state index is -0.234. The van der Waals surface area contributed by atoms with Crippen LogP contribution in [0, 0.1) is 39.4 Å². The van der Waals surface area contributed by atoms with Crippen molar-refractivity contribution in [1.29, 1.82) is 0 Å². The molecular formula is C32H50O4. The first kappa shape index (κ1) is 26.5. The summed E-state index contributed by atoms with van der Waals surface area (Å²) in [5.41, 5.74) is 5.01. The molecule has 2 saturated carbocycles. The number of carbonyl (C=O) groups is 1. The summed E-state index contributed by atoms with van der Waals surface area (Å²) in [4.78, 5) is 12.1. The Bertz CT molecular complexity index is 988. The summed E-state index contributed by atoms with van der Waals surface area (Å²) in [5, 5.41) is 10.9. The van der Waals surface area contributed by atoms with E-state index in [0.717, 1.165) is 32.1 Å². The quantitative estimate of drug-likeness (QED) is 0.329. The van der Waals surface area contributed by atoms with E-state index in [1.165, 1.54) is 25.3 Å². The number of aliphatic hydroxyl groups is 1. The molecule has 0 amide bonds. The Labute approximate surface area is 219 Å². The largest absolute Gasteiger partial charge is 0.459 e. The molecule has 5 rings (SSSR count). The molecule has 0 unspecified atom stereocenters. The van der Waals surface area contributed by atoms with Gasteiger partial charge < -0.3 is 14.6 Å². The van der Waals surface area contributed by atoms with Crippen LogP contribution in [0.3, 0.4) is 0 Å². The zero-order chi connectivity index (χ0) is 26.4. The van der Waals surface area contributed by atoms with Crippen molar-refractivity contribution in [2.75, 3.05) is 0 Å². The lowest BCUT2D eigenvalue weighted by atomic mass is 9.43. The number of esters is 1. The fourth-order valence-electron chi connectivity index (χ4n) is 10.4. The summed E-state index contributed by atoms with van der Waals surface area (Å²) < 4.78 is 12.8. The number of hydrogen-bond donors (Lipinski definition) is 1. The highest BCUT2D eigenvalue weighted by atomic mass is 16.6. The monoisotopic (exact) mass is 498 g/mol. The van der Waals surface area contributed by atoms with Gasteiger partial charge in [0.1, 0.15) is 12.2 Å². The number of carbonyl (C=O) groups excluding carboxylic acids is 1. The van der Waals surface area contributed by atoms with Crippen LogP contribution in [-0.2, 0) is 14.3 Å². The molecule has 0 bridgehead atoms. The number of hydrogen-bond acceptors (Lipinski definition) is 4. The van der Waals surface area contributed by atoms with E-state index in [1.54, 1.807) is 11.1 Å². The predicted molar refractivity (Wildman–Crippen MR) is 143 cm³/mol. The molecule has 5 aliphatic rings. The smallest absolute Gasteiger partial charge is 0.303 e. The highest BCUT2D eigenvalue weighted by Gasteiger charge is 2.68. The van der Waals surface area contributed by atoms with E-state index in [0.29, 0.717) is 11.8 Å². The standard InChI is InChI=1S/C32H50O4/c1-18(2)16-23-28(35-20(4)33)19(3)27-24(36-23)17-32(9)22-10-11-25-29(5,6)26(34)13-14-30(25,7)21(22)12-15-31(27,32)8/h16,19,23-28,34H,10-15,17H2,1-9H3/t19-,23-,24+,25+,26+,27+,28-,30-,31+,32+/m0/s1. The van der Waals surface area contributed by atoms with Gasteiger partial charge in [0.2, 0.25) is 0 Å². The van der Waals surface area contributed by atoms with E-state index < -0.39 is 0 Å². The lowest BCUT2D eigenvalue weighted by molar-refractivity contribution is -0.191. The van der Waals surface area contributed by atoms with Gasteiger partial charge >= 0.3 is 5.97 Å². The maximum Gasteiger partial charge on any atom is 0.303 e. The normalized spacial score (nSPS) is 49.3. The van der Waals surface area contributed by atoms with Crippen molar-refractivity contribution in [3.05, 3.63) is 22.8 Å². The van der Waals surface area contributed by atoms with Gasteiger partial charge in [-0.3, -0.25) is 4.79 Å². The van der Waals surface area contributed by atoms with Crippen LogP contribution in [0.15, 0.2) is 22.8 Å². The maximum absolute atomic E-state index is 12.1. The van der Waals surface area contributed by atoms with Crippen LogP contribution in [0.4, 0.5) is 0 Å².